The molecule has 2 rings (SSSR count). The molecule has 0 heterocycles. The number of unbranched alkanes of at least 4 members (excludes halogenated alkanes) is 1. The lowest BCUT2D eigenvalue weighted by Crippen LogP contribution is -2.30. The molecule has 0 unspecified atom stereocenters. The van der Waals surface area contributed by atoms with Crippen molar-refractivity contribution in [2.24, 2.45) is 0 Å². The van der Waals surface area contributed by atoms with E-state index in [2.05, 4.69) is 12.2 Å². The molecule has 0 aliphatic carbocycles. The second kappa shape index (κ2) is 9.92. The average molecular weight is 394 g/mol. The first-order valence-corrected chi connectivity index (χ1v) is 8.98. The largest absolute Gasteiger partial charge is 0.494 e. The Morgan fingerprint density at radius 1 is 1.19 bits per heavy atom. The number of hydrogen-bond donors (Lipinski definition) is 1. The zero-order chi connectivity index (χ0) is 19.8. The Balaban J connectivity index is 1.91. The number of anilines is 1. The van der Waals surface area contributed by atoms with E-state index in [-0.39, 0.29) is 10.7 Å². The van der Waals surface area contributed by atoms with Gasteiger partial charge in [-0.25, -0.2) is 9.18 Å². The fourth-order valence-corrected chi connectivity index (χ4v) is 2.34. The number of rotatable bonds is 8. The fraction of sp³-hybridized carbons (Fsp3) is 0.300. The quantitative estimate of drug-likeness (QED) is 0.514. The lowest BCUT2D eigenvalue weighted by atomic mass is 10.2. The number of halogens is 2. The summed E-state index contributed by atoms with van der Waals surface area (Å²) in [5.41, 5.74) is 0.539. The Morgan fingerprint density at radius 3 is 2.52 bits per heavy atom. The van der Waals surface area contributed by atoms with Crippen LogP contribution in [0.4, 0.5) is 10.1 Å². The van der Waals surface area contributed by atoms with E-state index >= 15 is 0 Å². The molecule has 0 spiro atoms. The highest BCUT2D eigenvalue weighted by Crippen LogP contribution is 2.22. The van der Waals surface area contributed by atoms with Crippen LogP contribution in [0, 0.1) is 5.82 Å². The number of esters is 1. The minimum Gasteiger partial charge on any atom is -0.494 e. The Bertz CT molecular complexity index is 795. The van der Waals surface area contributed by atoms with E-state index in [1.807, 2.05) is 0 Å². The summed E-state index contributed by atoms with van der Waals surface area (Å²) in [5.74, 6) is -1.06. The standard InChI is InChI=1S/C20H21ClFNO4/c1-3-4-11-26-16-8-5-14(6-9-16)20(25)27-13(2)19(24)23-18-10-7-15(22)12-17(18)21/h5-10,12-13H,3-4,11H2,1-2H3,(H,23,24)/t13-/m0/s1. The Hall–Kier alpha value is -2.60. The first-order valence-electron chi connectivity index (χ1n) is 8.60. The number of carbonyl (C=O) groups excluding carboxylic acids is 2. The van der Waals surface area contributed by atoms with Gasteiger partial charge in [-0.1, -0.05) is 24.9 Å². The van der Waals surface area contributed by atoms with Crippen molar-refractivity contribution < 1.29 is 23.5 Å². The number of nitrogens with one attached hydrogen (secondary N) is 1. The Labute approximate surface area is 162 Å². The average Bonchev–Trinajstić information content (AvgIpc) is 2.64. The molecule has 7 heteroatoms. The van der Waals surface area contributed by atoms with Crippen LogP contribution < -0.4 is 10.1 Å². The predicted molar refractivity (Wildman–Crippen MR) is 102 cm³/mol. The van der Waals surface area contributed by atoms with Crippen LogP contribution in [-0.2, 0) is 9.53 Å². The third kappa shape index (κ3) is 6.25. The van der Waals surface area contributed by atoms with Gasteiger partial charge in [-0.2, -0.15) is 0 Å². The summed E-state index contributed by atoms with van der Waals surface area (Å²) in [6.45, 7) is 4.13. The molecule has 2 aromatic rings. The summed E-state index contributed by atoms with van der Waals surface area (Å²) >= 11 is 5.87. The molecule has 0 saturated heterocycles. The monoisotopic (exact) mass is 393 g/mol. The van der Waals surface area contributed by atoms with Crippen LogP contribution in [0.1, 0.15) is 37.0 Å². The highest BCUT2D eigenvalue weighted by Gasteiger charge is 2.20. The zero-order valence-corrected chi connectivity index (χ0v) is 15.9. The van der Waals surface area contributed by atoms with Gasteiger partial charge in [-0.3, -0.25) is 4.79 Å². The highest BCUT2D eigenvalue weighted by atomic mass is 35.5. The first kappa shape index (κ1) is 20.7. The van der Waals surface area contributed by atoms with Crippen LogP contribution >= 0.6 is 11.6 Å². The lowest BCUT2D eigenvalue weighted by molar-refractivity contribution is -0.123. The van der Waals surface area contributed by atoms with E-state index in [1.165, 1.54) is 19.1 Å². The number of carbonyl (C=O) groups is 2. The van der Waals surface area contributed by atoms with Crippen LogP contribution in [-0.4, -0.2) is 24.6 Å². The topological polar surface area (TPSA) is 64.6 Å². The predicted octanol–water partition coefficient (Wildman–Crippen LogP) is 4.84. The maximum Gasteiger partial charge on any atom is 0.338 e. The van der Waals surface area contributed by atoms with Gasteiger partial charge < -0.3 is 14.8 Å². The fourth-order valence-electron chi connectivity index (χ4n) is 2.13. The van der Waals surface area contributed by atoms with Crippen molar-refractivity contribution in [2.75, 3.05) is 11.9 Å². The van der Waals surface area contributed by atoms with E-state index < -0.39 is 23.8 Å². The molecule has 0 saturated carbocycles. The van der Waals surface area contributed by atoms with Gasteiger partial charge in [0.2, 0.25) is 0 Å². The van der Waals surface area contributed by atoms with Crippen molar-refractivity contribution in [1.29, 1.82) is 0 Å². The summed E-state index contributed by atoms with van der Waals surface area (Å²) in [7, 11) is 0. The van der Waals surface area contributed by atoms with Gasteiger partial charge in [0.15, 0.2) is 6.10 Å². The maximum absolute atomic E-state index is 13.0. The van der Waals surface area contributed by atoms with Crippen LogP contribution in [0.2, 0.25) is 5.02 Å². The molecule has 0 aliphatic rings. The van der Waals surface area contributed by atoms with Crippen LogP contribution in [0.25, 0.3) is 0 Å². The van der Waals surface area contributed by atoms with Crippen LogP contribution in [0.3, 0.4) is 0 Å². The SMILES string of the molecule is CCCCOc1ccc(C(=O)O[C@@H](C)C(=O)Nc2ccc(F)cc2Cl)cc1. The van der Waals surface area contributed by atoms with Crippen molar-refractivity contribution in [3.8, 4) is 5.75 Å². The molecule has 0 radical (unpaired) electrons. The van der Waals surface area contributed by atoms with Gasteiger partial charge in [0.25, 0.3) is 5.91 Å². The molecular formula is C20H21ClFNO4. The minimum absolute atomic E-state index is 0.0561. The van der Waals surface area contributed by atoms with Crippen molar-refractivity contribution in [3.63, 3.8) is 0 Å². The first-order chi connectivity index (χ1) is 12.9. The van der Waals surface area contributed by atoms with Gasteiger partial charge in [0.1, 0.15) is 11.6 Å². The number of amides is 1. The Kier molecular flexibility index (Phi) is 7.61. The molecule has 0 fully saturated rings. The molecule has 1 atom stereocenters. The molecule has 5 nitrogen and oxygen atoms in total. The lowest BCUT2D eigenvalue weighted by Gasteiger charge is -2.14. The van der Waals surface area contributed by atoms with Crippen molar-refractivity contribution >= 4 is 29.2 Å². The molecule has 2 aromatic carbocycles. The van der Waals surface area contributed by atoms with Crippen molar-refractivity contribution in [2.45, 2.75) is 32.8 Å². The normalized spacial score (nSPS) is 11.6. The second-order valence-corrected chi connectivity index (χ2v) is 6.29. The van der Waals surface area contributed by atoms with E-state index in [4.69, 9.17) is 21.1 Å². The molecule has 0 aliphatic heterocycles. The maximum atomic E-state index is 13.0. The summed E-state index contributed by atoms with van der Waals surface area (Å²) in [6.07, 6.45) is 0.932. The number of benzene rings is 2. The van der Waals surface area contributed by atoms with Crippen LogP contribution in [0.15, 0.2) is 42.5 Å². The summed E-state index contributed by atoms with van der Waals surface area (Å²) in [4.78, 5) is 24.3. The molecule has 1 N–H and O–H groups in total. The molecule has 1 amide bonds. The van der Waals surface area contributed by atoms with E-state index in [1.54, 1.807) is 24.3 Å². The molecule has 0 bridgehead atoms. The van der Waals surface area contributed by atoms with E-state index in [0.717, 1.165) is 18.9 Å². The number of hydrogen-bond acceptors (Lipinski definition) is 4. The van der Waals surface area contributed by atoms with Gasteiger partial charge >= 0.3 is 5.97 Å². The van der Waals surface area contributed by atoms with Gasteiger partial charge in [-0.05, 0) is 55.8 Å². The second-order valence-electron chi connectivity index (χ2n) is 5.89. The van der Waals surface area contributed by atoms with E-state index in [0.29, 0.717) is 17.9 Å². The molecule has 27 heavy (non-hydrogen) atoms. The van der Waals surface area contributed by atoms with Crippen LogP contribution in [0.5, 0.6) is 5.75 Å². The summed E-state index contributed by atoms with van der Waals surface area (Å²) in [6, 6.07) is 10.1. The third-order valence-corrected chi connectivity index (χ3v) is 4.01. The summed E-state index contributed by atoms with van der Waals surface area (Å²) < 4.78 is 23.7. The summed E-state index contributed by atoms with van der Waals surface area (Å²) in [5, 5.41) is 2.55. The van der Waals surface area contributed by atoms with Crippen molar-refractivity contribution in [3.05, 3.63) is 58.9 Å². The van der Waals surface area contributed by atoms with Gasteiger partial charge in [0.05, 0.1) is 22.9 Å². The molecular weight excluding hydrogens is 373 g/mol. The third-order valence-electron chi connectivity index (χ3n) is 3.70. The number of ether oxygens (including phenoxy) is 2. The van der Waals surface area contributed by atoms with E-state index in [9.17, 15) is 14.0 Å². The minimum atomic E-state index is -1.06. The zero-order valence-electron chi connectivity index (χ0n) is 15.1. The van der Waals surface area contributed by atoms with Crippen molar-refractivity contribution in [1.82, 2.24) is 0 Å². The highest BCUT2D eigenvalue weighted by molar-refractivity contribution is 6.33. The Morgan fingerprint density at radius 2 is 1.89 bits per heavy atom. The van der Waals surface area contributed by atoms with Gasteiger partial charge in [0, 0.05) is 0 Å². The molecule has 144 valence electrons. The smallest absolute Gasteiger partial charge is 0.338 e. The molecule has 0 aromatic heterocycles. The van der Waals surface area contributed by atoms with Gasteiger partial charge in [-0.15, -0.1) is 0 Å².